The van der Waals surface area contributed by atoms with Crippen LogP contribution < -0.4 is 9.80 Å². The fourth-order valence-electron chi connectivity index (χ4n) is 3.66. The first-order valence-corrected chi connectivity index (χ1v) is 11.6. The predicted molar refractivity (Wildman–Crippen MR) is 114 cm³/mol. The second kappa shape index (κ2) is 8.63. The summed E-state index contributed by atoms with van der Waals surface area (Å²) in [6, 6.07) is 2.76. The van der Waals surface area contributed by atoms with E-state index in [1.54, 1.807) is 6.08 Å². The van der Waals surface area contributed by atoms with E-state index in [-0.39, 0.29) is 23.0 Å². The Morgan fingerprint density at radius 1 is 1.35 bits per heavy atom. The highest BCUT2D eigenvalue weighted by atomic mass is 35.5. The Hall–Kier alpha value is -3.04. The third-order valence-electron chi connectivity index (χ3n) is 5.26. The van der Waals surface area contributed by atoms with Crippen molar-refractivity contribution >= 4 is 39.8 Å². The van der Waals surface area contributed by atoms with Crippen molar-refractivity contribution in [3.05, 3.63) is 63.5 Å². The van der Waals surface area contributed by atoms with Crippen LogP contribution in [0.25, 0.3) is 0 Å². The number of carbonyl (C=O) groups is 1. The molecule has 2 heterocycles. The lowest BCUT2D eigenvalue weighted by Gasteiger charge is -2.30. The van der Waals surface area contributed by atoms with Crippen molar-refractivity contribution in [1.82, 2.24) is 4.98 Å². The maximum Gasteiger partial charge on any atom is 0.417 e. The Bertz CT molecular complexity index is 1310. The van der Waals surface area contributed by atoms with E-state index in [0.29, 0.717) is 18.2 Å². The molecule has 1 aliphatic carbocycles. The molecule has 1 saturated heterocycles. The summed E-state index contributed by atoms with van der Waals surface area (Å²) >= 11 is 5.66. The molecule has 34 heavy (non-hydrogen) atoms. The van der Waals surface area contributed by atoms with Crippen molar-refractivity contribution in [3.63, 3.8) is 0 Å². The molecule has 4 rings (SSSR count). The van der Waals surface area contributed by atoms with Crippen LogP contribution in [0.15, 0.2) is 30.0 Å². The largest absolute Gasteiger partial charge is 0.417 e. The lowest BCUT2D eigenvalue weighted by molar-refractivity contribution is -0.137. The molecule has 1 aliphatic heterocycles. The number of nitrogens with zero attached hydrogens (tertiary/aromatic N) is 4. The Morgan fingerprint density at radius 2 is 2.03 bits per heavy atom. The zero-order chi connectivity index (χ0) is 24.9. The summed E-state index contributed by atoms with van der Waals surface area (Å²) in [5, 5.41) is 8.66. The summed E-state index contributed by atoms with van der Waals surface area (Å²) in [6.45, 7) is 1.29. The number of aromatic nitrogens is 1. The minimum Gasteiger partial charge on any atom is -0.331 e. The molecule has 0 spiro atoms. The highest BCUT2D eigenvalue weighted by Gasteiger charge is 2.44. The van der Waals surface area contributed by atoms with E-state index in [9.17, 15) is 36.2 Å². The fraction of sp³-hybridized carbons (Fsp3) is 0.286. The van der Waals surface area contributed by atoms with Crippen molar-refractivity contribution in [2.24, 2.45) is 0 Å². The maximum absolute atomic E-state index is 14.8. The molecule has 0 N–H and O–H groups in total. The Morgan fingerprint density at radius 3 is 2.62 bits per heavy atom. The first kappa shape index (κ1) is 24.1. The van der Waals surface area contributed by atoms with E-state index < -0.39 is 62.5 Å². The number of rotatable bonds is 4. The Balaban J connectivity index is 1.81. The van der Waals surface area contributed by atoms with Crippen LogP contribution in [0.1, 0.15) is 23.2 Å². The molecule has 1 fully saturated rings. The van der Waals surface area contributed by atoms with Crippen LogP contribution in [0.2, 0.25) is 5.02 Å². The number of benzene rings is 1. The third kappa shape index (κ3) is 4.25. The van der Waals surface area contributed by atoms with Crippen LogP contribution in [0.3, 0.4) is 0 Å². The molecule has 2 aliphatic rings. The Kier molecular flexibility index (Phi) is 6.12. The normalized spacial score (nSPS) is 19.6. The van der Waals surface area contributed by atoms with Gasteiger partial charge in [0.2, 0.25) is 0 Å². The van der Waals surface area contributed by atoms with Crippen LogP contribution in [-0.4, -0.2) is 32.8 Å². The number of carbonyl (C=O) groups excluding carboxylic acids is 1. The van der Waals surface area contributed by atoms with Gasteiger partial charge < -0.3 is 4.90 Å². The van der Waals surface area contributed by atoms with E-state index in [4.69, 9.17) is 11.6 Å². The topological polar surface area (TPSA) is 77.3 Å². The van der Waals surface area contributed by atoms with E-state index in [0.717, 1.165) is 21.9 Å². The number of pyridine rings is 1. The van der Waals surface area contributed by atoms with Gasteiger partial charge in [-0.25, -0.2) is 13.8 Å². The van der Waals surface area contributed by atoms with Gasteiger partial charge in [-0.15, -0.1) is 0 Å². The standard InChI is InChI=1S/C21H14ClF5N4O2S/c1-10-6-13(21(25,26)27)12(7-28)19(29-10)30-9-34(33)8-16(30)20(32)31(11-2-3-11)15-5-4-14(23)17(22)18(15)24/h2,4-6,16H,3,8-9H2,1H3/t16-,34?/m0/s1. The van der Waals surface area contributed by atoms with Gasteiger partial charge in [0.25, 0.3) is 5.91 Å². The highest BCUT2D eigenvalue weighted by molar-refractivity contribution is 7.85. The first-order chi connectivity index (χ1) is 15.9. The summed E-state index contributed by atoms with van der Waals surface area (Å²) in [5.41, 5.74) is -2.12. The first-order valence-electron chi connectivity index (χ1n) is 9.71. The monoisotopic (exact) mass is 516 g/mol. The third-order valence-corrected chi connectivity index (χ3v) is 6.86. The van der Waals surface area contributed by atoms with Crippen LogP contribution in [0.5, 0.6) is 0 Å². The lowest BCUT2D eigenvalue weighted by atomic mass is 10.1. The van der Waals surface area contributed by atoms with Crippen molar-refractivity contribution < 1.29 is 31.0 Å². The number of allylic oxidation sites excluding steroid dienone is 2. The van der Waals surface area contributed by atoms with Crippen molar-refractivity contribution in [2.45, 2.75) is 25.6 Å². The van der Waals surface area contributed by atoms with E-state index >= 15 is 0 Å². The fourth-order valence-corrected chi connectivity index (χ4v) is 5.21. The molecule has 1 aromatic heterocycles. The highest BCUT2D eigenvalue weighted by Crippen LogP contribution is 2.39. The molecule has 178 valence electrons. The number of anilines is 2. The minimum atomic E-state index is -4.87. The molecule has 0 bridgehead atoms. The van der Waals surface area contributed by atoms with Crippen LogP contribution in [0, 0.1) is 29.9 Å². The zero-order valence-electron chi connectivity index (χ0n) is 17.3. The van der Waals surface area contributed by atoms with Crippen molar-refractivity contribution in [3.8, 4) is 6.07 Å². The van der Waals surface area contributed by atoms with Crippen LogP contribution >= 0.6 is 11.6 Å². The average molecular weight is 517 g/mol. The zero-order valence-corrected chi connectivity index (χ0v) is 18.9. The summed E-state index contributed by atoms with van der Waals surface area (Å²) in [5.74, 6) is -4.15. The van der Waals surface area contributed by atoms with Gasteiger partial charge in [-0.1, -0.05) is 17.7 Å². The number of amides is 1. The molecule has 2 aromatic rings. The van der Waals surface area contributed by atoms with Crippen LogP contribution in [-0.2, 0) is 21.8 Å². The molecule has 1 amide bonds. The van der Waals surface area contributed by atoms with Gasteiger partial charge >= 0.3 is 6.18 Å². The van der Waals surface area contributed by atoms with Gasteiger partial charge in [0.05, 0.1) is 22.9 Å². The summed E-state index contributed by atoms with van der Waals surface area (Å²) in [7, 11) is -1.68. The smallest absolute Gasteiger partial charge is 0.331 e. The molecule has 1 unspecified atom stereocenters. The molecule has 13 heteroatoms. The second-order valence-electron chi connectivity index (χ2n) is 7.61. The van der Waals surface area contributed by atoms with Crippen molar-refractivity contribution in [1.29, 1.82) is 5.26 Å². The van der Waals surface area contributed by atoms with Gasteiger partial charge in [-0.3, -0.25) is 13.9 Å². The SMILES string of the molecule is Cc1cc(C(F)(F)F)c(C#N)c(N2CS(=O)C[C@H]2C(=O)N(C2=CC2)c2ccc(F)c(Cl)c2F)n1. The summed E-state index contributed by atoms with van der Waals surface area (Å²) in [6.07, 6.45) is -2.98. The van der Waals surface area contributed by atoms with Crippen molar-refractivity contribution in [2.75, 3.05) is 21.4 Å². The van der Waals surface area contributed by atoms with E-state index in [1.807, 2.05) is 0 Å². The Labute approximate surface area is 197 Å². The van der Waals surface area contributed by atoms with Gasteiger partial charge in [-0.05, 0) is 25.1 Å². The molecular formula is C21H14ClF5N4O2S. The number of aryl methyl sites for hydroxylation is 1. The number of nitriles is 1. The second-order valence-corrected chi connectivity index (χ2v) is 9.46. The summed E-state index contributed by atoms with van der Waals surface area (Å²) < 4.78 is 81.5. The quantitative estimate of drug-likeness (QED) is 0.444. The molecule has 0 saturated carbocycles. The minimum absolute atomic E-state index is 0.0664. The molecule has 0 radical (unpaired) electrons. The van der Waals surface area contributed by atoms with Gasteiger partial charge in [-0.2, -0.15) is 18.4 Å². The molecular weight excluding hydrogens is 503 g/mol. The van der Waals surface area contributed by atoms with Gasteiger partial charge in [0.15, 0.2) is 5.82 Å². The van der Waals surface area contributed by atoms with Gasteiger partial charge in [0.1, 0.15) is 34.3 Å². The van der Waals surface area contributed by atoms with E-state index in [2.05, 4.69) is 4.98 Å². The number of hydrogen-bond acceptors (Lipinski definition) is 5. The lowest BCUT2D eigenvalue weighted by Crippen LogP contribution is -2.47. The molecule has 2 atom stereocenters. The summed E-state index contributed by atoms with van der Waals surface area (Å²) in [4.78, 5) is 19.6. The molecule has 6 nitrogen and oxygen atoms in total. The van der Waals surface area contributed by atoms with Crippen LogP contribution in [0.4, 0.5) is 33.5 Å². The van der Waals surface area contributed by atoms with Gasteiger partial charge in [0, 0.05) is 28.6 Å². The van der Waals surface area contributed by atoms with E-state index in [1.165, 1.54) is 13.0 Å². The maximum atomic E-state index is 14.8. The number of alkyl halides is 3. The number of hydrogen-bond donors (Lipinski definition) is 0. The predicted octanol–water partition coefficient (Wildman–Crippen LogP) is 4.43. The molecule has 1 aromatic carbocycles. The number of halogens is 6. The average Bonchev–Trinajstić information content (AvgIpc) is 3.52.